The predicted molar refractivity (Wildman–Crippen MR) is 116 cm³/mol. The number of aromatic nitrogens is 1. The number of rotatable bonds is 6. The molecule has 2 heterocycles. The van der Waals surface area contributed by atoms with E-state index >= 15 is 0 Å². The third kappa shape index (κ3) is 4.88. The molecule has 9 heteroatoms. The molecule has 0 radical (unpaired) electrons. The SMILES string of the molecule is Cc1ccc(Cn2ccsc2=NC(=O)COC(=O)CN2C(=O)C3CCCCC3C2=O)cc1. The molecule has 0 bridgehead atoms. The number of imide groups is 1. The number of ether oxygens (including phenoxy) is 1. The van der Waals surface area contributed by atoms with E-state index in [1.165, 1.54) is 16.9 Å². The Bertz CT molecular complexity index is 1080. The maximum atomic E-state index is 12.5. The zero-order valence-corrected chi connectivity index (χ0v) is 18.7. The van der Waals surface area contributed by atoms with Gasteiger partial charge in [-0.1, -0.05) is 42.7 Å². The Kier molecular flexibility index (Phi) is 6.64. The molecule has 168 valence electrons. The fourth-order valence-corrected chi connectivity index (χ4v) is 4.98. The molecule has 8 nitrogen and oxygen atoms in total. The largest absolute Gasteiger partial charge is 0.454 e. The smallest absolute Gasteiger partial charge is 0.326 e. The number of likely N-dealkylation sites (tertiary alicyclic amines) is 1. The van der Waals surface area contributed by atoms with Crippen LogP contribution in [0, 0.1) is 18.8 Å². The lowest BCUT2D eigenvalue weighted by molar-refractivity contribution is -0.154. The summed E-state index contributed by atoms with van der Waals surface area (Å²) in [6.45, 7) is 1.59. The third-order valence-electron chi connectivity index (χ3n) is 5.93. The number of benzene rings is 1. The number of amides is 3. The molecule has 0 spiro atoms. The number of hydrogen-bond acceptors (Lipinski definition) is 6. The number of fused-ring (bicyclic) bond motifs is 1. The summed E-state index contributed by atoms with van der Waals surface area (Å²) < 4.78 is 6.85. The molecule has 0 N–H and O–H groups in total. The molecule has 1 saturated carbocycles. The maximum absolute atomic E-state index is 12.5. The van der Waals surface area contributed by atoms with Gasteiger partial charge < -0.3 is 9.30 Å². The van der Waals surface area contributed by atoms with Crippen LogP contribution >= 0.6 is 11.3 Å². The number of thiazole rings is 1. The Morgan fingerprint density at radius 1 is 1.09 bits per heavy atom. The minimum Gasteiger partial charge on any atom is -0.454 e. The van der Waals surface area contributed by atoms with Crippen molar-refractivity contribution >= 4 is 35.0 Å². The topological polar surface area (TPSA) is 98.0 Å². The van der Waals surface area contributed by atoms with Gasteiger partial charge in [0.05, 0.1) is 11.8 Å². The van der Waals surface area contributed by atoms with E-state index in [4.69, 9.17) is 4.74 Å². The van der Waals surface area contributed by atoms with Gasteiger partial charge in [-0.05, 0) is 25.3 Å². The molecular weight excluding hydrogens is 430 g/mol. The molecule has 32 heavy (non-hydrogen) atoms. The molecule has 1 aliphatic carbocycles. The van der Waals surface area contributed by atoms with Crippen molar-refractivity contribution in [3.05, 3.63) is 51.8 Å². The molecule has 2 fully saturated rings. The Balaban J connectivity index is 1.32. The minimum absolute atomic E-state index is 0.302. The number of hydrogen-bond donors (Lipinski definition) is 0. The van der Waals surface area contributed by atoms with Crippen LogP contribution in [0.25, 0.3) is 0 Å². The summed E-state index contributed by atoms with van der Waals surface area (Å²) in [7, 11) is 0. The Hall–Kier alpha value is -3.07. The second-order valence-corrected chi connectivity index (χ2v) is 9.10. The van der Waals surface area contributed by atoms with Crippen LogP contribution in [0.15, 0.2) is 40.8 Å². The van der Waals surface area contributed by atoms with E-state index in [9.17, 15) is 19.2 Å². The highest BCUT2D eigenvalue weighted by Gasteiger charge is 2.48. The average Bonchev–Trinajstić information content (AvgIpc) is 3.32. The molecule has 3 amide bonds. The Labute approximate surface area is 189 Å². The van der Waals surface area contributed by atoms with Crippen LogP contribution in [0.4, 0.5) is 0 Å². The molecule has 1 aromatic carbocycles. The molecule has 2 unspecified atom stereocenters. The zero-order valence-electron chi connectivity index (χ0n) is 17.9. The van der Waals surface area contributed by atoms with Crippen LogP contribution in [-0.4, -0.2) is 46.3 Å². The molecule has 2 aliphatic rings. The van der Waals surface area contributed by atoms with Crippen LogP contribution in [0.1, 0.15) is 36.8 Å². The third-order valence-corrected chi connectivity index (χ3v) is 6.72. The van der Waals surface area contributed by atoms with Gasteiger partial charge in [0.25, 0.3) is 5.91 Å². The van der Waals surface area contributed by atoms with Crippen molar-refractivity contribution in [1.29, 1.82) is 0 Å². The molecule has 2 atom stereocenters. The number of aryl methyl sites for hydroxylation is 1. The number of esters is 1. The van der Waals surface area contributed by atoms with Gasteiger partial charge in [-0.3, -0.25) is 24.1 Å². The lowest BCUT2D eigenvalue weighted by Crippen LogP contribution is -2.37. The summed E-state index contributed by atoms with van der Waals surface area (Å²) in [5, 5.41) is 1.83. The van der Waals surface area contributed by atoms with Gasteiger partial charge >= 0.3 is 5.97 Å². The predicted octanol–water partition coefficient (Wildman–Crippen LogP) is 2.05. The Morgan fingerprint density at radius 2 is 1.75 bits per heavy atom. The van der Waals surface area contributed by atoms with Gasteiger partial charge in [0.1, 0.15) is 6.54 Å². The first-order valence-electron chi connectivity index (χ1n) is 10.7. The number of carbonyl (C=O) groups is 4. The minimum atomic E-state index is -0.785. The van der Waals surface area contributed by atoms with E-state index in [1.807, 2.05) is 47.3 Å². The van der Waals surface area contributed by atoms with E-state index in [-0.39, 0.29) is 23.7 Å². The van der Waals surface area contributed by atoms with Crippen LogP contribution in [0.2, 0.25) is 0 Å². The summed E-state index contributed by atoms with van der Waals surface area (Å²) in [5.41, 5.74) is 2.25. The van der Waals surface area contributed by atoms with Crippen molar-refractivity contribution in [2.75, 3.05) is 13.2 Å². The highest BCUT2D eigenvalue weighted by molar-refractivity contribution is 7.07. The molecule has 4 rings (SSSR count). The van der Waals surface area contributed by atoms with Crippen molar-refractivity contribution in [1.82, 2.24) is 9.47 Å². The van der Waals surface area contributed by atoms with Crippen LogP contribution in [0.5, 0.6) is 0 Å². The number of carbonyl (C=O) groups excluding carboxylic acids is 4. The fraction of sp³-hybridized carbons (Fsp3) is 0.435. The lowest BCUT2D eigenvalue weighted by atomic mass is 9.81. The van der Waals surface area contributed by atoms with Gasteiger partial charge in [0.15, 0.2) is 11.4 Å². The normalized spacial score (nSPS) is 21.0. The summed E-state index contributed by atoms with van der Waals surface area (Å²) in [4.78, 5) is 54.8. The maximum Gasteiger partial charge on any atom is 0.326 e. The summed E-state index contributed by atoms with van der Waals surface area (Å²) >= 11 is 1.31. The summed E-state index contributed by atoms with van der Waals surface area (Å²) in [5.74, 6) is -2.63. The first kappa shape index (κ1) is 22.1. The average molecular weight is 456 g/mol. The van der Waals surface area contributed by atoms with Gasteiger partial charge in [-0.15, -0.1) is 11.3 Å². The number of nitrogens with zero attached hydrogens (tertiary/aromatic N) is 3. The van der Waals surface area contributed by atoms with E-state index in [0.717, 1.165) is 23.3 Å². The van der Waals surface area contributed by atoms with Gasteiger partial charge in [0, 0.05) is 18.1 Å². The summed E-state index contributed by atoms with van der Waals surface area (Å²) in [6.07, 6.45) is 5.04. The van der Waals surface area contributed by atoms with Crippen molar-refractivity contribution in [3.63, 3.8) is 0 Å². The quantitative estimate of drug-likeness (QED) is 0.491. The molecule has 1 aromatic heterocycles. The highest BCUT2D eigenvalue weighted by atomic mass is 32.1. The second kappa shape index (κ2) is 9.60. The van der Waals surface area contributed by atoms with E-state index in [2.05, 4.69) is 4.99 Å². The lowest BCUT2D eigenvalue weighted by Gasteiger charge is -2.19. The highest BCUT2D eigenvalue weighted by Crippen LogP contribution is 2.37. The standard InChI is InChI=1S/C23H25N3O5S/c1-15-6-8-16(9-7-15)12-25-10-11-32-23(25)24-19(27)14-31-20(28)13-26-21(29)17-4-2-3-5-18(17)22(26)30/h6-11,17-18H,2-5,12-14H2,1H3. The van der Waals surface area contributed by atoms with Gasteiger partial charge in [0.2, 0.25) is 11.8 Å². The van der Waals surface area contributed by atoms with Crippen LogP contribution in [-0.2, 0) is 30.5 Å². The van der Waals surface area contributed by atoms with Gasteiger partial charge in [-0.25, -0.2) is 0 Å². The van der Waals surface area contributed by atoms with Crippen LogP contribution < -0.4 is 4.80 Å². The molecule has 2 aromatic rings. The van der Waals surface area contributed by atoms with Crippen molar-refractivity contribution in [2.45, 2.75) is 39.2 Å². The van der Waals surface area contributed by atoms with E-state index in [0.29, 0.717) is 24.2 Å². The summed E-state index contributed by atoms with van der Waals surface area (Å²) in [6, 6.07) is 8.08. The van der Waals surface area contributed by atoms with Crippen molar-refractivity contribution in [2.24, 2.45) is 16.8 Å². The monoisotopic (exact) mass is 455 g/mol. The molecular formula is C23H25N3O5S. The van der Waals surface area contributed by atoms with Crippen molar-refractivity contribution in [3.8, 4) is 0 Å². The van der Waals surface area contributed by atoms with E-state index < -0.39 is 25.0 Å². The zero-order chi connectivity index (χ0) is 22.7. The van der Waals surface area contributed by atoms with Gasteiger partial charge in [-0.2, -0.15) is 4.99 Å². The van der Waals surface area contributed by atoms with Crippen LogP contribution in [0.3, 0.4) is 0 Å². The Morgan fingerprint density at radius 3 is 2.41 bits per heavy atom. The molecule has 1 aliphatic heterocycles. The van der Waals surface area contributed by atoms with Crippen molar-refractivity contribution < 1.29 is 23.9 Å². The first-order valence-corrected chi connectivity index (χ1v) is 11.6. The second-order valence-electron chi connectivity index (χ2n) is 8.23. The first-order chi connectivity index (χ1) is 15.4. The fourth-order valence-electron chi connectivity index (χ4n) is 4.24. The van der Waals surface area contributed by atoms with E-state index in [1.54, 1.807) is 0 Å². The molecule has 1 saturated heterocycles.